The topological polar surface area (TPSA) is 66.6 Å². The standard InChI is InChI=1S/C14H21ClN2O2/c1-4-17(9-14(2,3)8-16)13(19)11-7-10(15)5-6-12(11)18/h5-7,18H,4,8-9,16H2,1-3H3. The smallest absolute Gasteiger partial charge is 0.257 e. The van der Waals surface area contributed by atoms with Crippen LogP contribution in [0.25, 0.3) is 0 Å². The summed E-state index contributed by atoms with van der Waals surface area (Å²) in [5.41, 5.74) is 5.75. The van der Waals surface area contributed by atoms with Gasteiger partial charge in [-0.15, -0.1) is 0 Å². The number of halogens is 1. The molecular weight excluding hydrogens is 264 g/mol. The molecule has 0 heterocycles. The van der Waals surface area contributed by atoms with Gasteiger partial charge in [0, 0.05) is 18.1 Å². The molecule has 19 heavy (non-hydrogen) atoms. The van der Waals surface area contributed by atoms with Crippen molar-refractivity contribution in [2.24, 2.45) is 11.1 Å². The molecule has 106 valence electrons. The first kappa shape index (κ1) is 15.8. The Morgan fingerprint density at radius 1 is 1.47 bits per heavy atom. The van der Waals surface area contributed by atoms with Crippen molar-refractivity contribution in [3.63, 3.8) is 0 Å². The van der Waals surface area contributed by atoms with Crippen molar-refractivity contribution >= 4 is 17.5 Å². The Kier molecular flexibility index (Phi) is 5.20. The van der Waals surface area contributed by atoms with Crippen LogP contribution < -0.4 is 5.73 Å². The quantitative estimate of drug-likeness (QED) is 0.873. The molecule has 0 bridgehead atoms. The summed E-state index contributed by atoms with van der Waals surface area (Å²) in [5.74, 6) is -0.289. The van der Waals surface area contributed by atoms with E-state index in [4.69, 9.17) is 17.3 Å². The van der Waals surface area contributed by atoms with Gasteiger partial charge in [0.15, 0.2) is 0 Å². The third-order valence-electron chi connectivity index (χ3n) is 3.03. The lowest BCUT2D eigenvalue weighted by atomic mass is 9.93. The highest BCUT2D eigenvalue weighted by Crippen LogP contribution is 2.24. The zero-order chi connectivity index (χ0) is 14.6. The lowest BCUT2D eigenvalue weighted by molar-refractivity contribution is 0.0698. The lowest BCUT2D eigenvalue weighted by Crippen LogP contribution is -2.42. The molecule has 1 amide bonds. The van der Waals surface area contributed by atoms with E-state index in [0.29, 0.717) is 24.7 Å². The van der Waals surface area contributed by atoms with Crippen LogP contribution in [0.15, 0.2) is 18.2 Å². The molecule has 5 heteroatoms. The van der Waals surface area contributed by atoms with Crippen LogP contribution in [-0.4, -0.2) is 35.5 Å². The summed E-state index contributed by atoms with van der Waals surface area (Å²) in [6.07, 6.45) is 0. The van der Waals surface area contributed by atoms with E-state index in [9.17, 15) is 9.90 Å². The Balaban J connectivity index is 2.99. The third kappa shape index (κ3) is 4.11. The van der Waals surface area contributed by atoms with Gasteiger partial charge >= 0.3 is 0 Å². The normalized spacial score (nSPS) is 11.4. The van der Waals surface area contributed by atoms with Gasteiger partial charge in [-0.2, -0.15) is 0 Å². The van der Waals surface area contributed by atoms with Crippen LogP contribution in [0.3, 0.4) is 0 Å². The number of amides is 1. The van der Waals surface area contributed by atoms with Crippen LogP contribution in [0.2, 0.25) is 5.02 Å². The van der Waals surface area contributed by atoms with E-state index < -0.39 is 0 Å². The zero-order valence-electron chi connectivity index (χ0n) is 11.6. The number of rotatable bonds is 5. The monoisotopic (exact) mass is 284 g/mol. The molecule has 0 atom stereocenters. The highest BCUT2D eigenvalue weighted by molar-refractivity contribution is 6.31. The van der Waals surface area contributed by atoms with E-state index >= 15 is 0 Å². The second-order valence-electron chi connectivity index (χ2n) is 5.35. The Hall–Kier alpha value is -1.26. The van der Waals surface area contributed by atoms with Crippen LogP contribution in [-0.2, 0) is 0 Å². The van der Waals surface area contributed by atoms with E-state index in [1.807, 2.05) is 20.8 Å². The van der Waals surface area contributed by atoms with Crippen molar-refractivity contribution in [2.45, 2.75) is 20.8 Å². The number of aromatic hydroxyl groups is 1. The fourth-order valence-corrected chi connectivity index (χ4v) is 1.93. The number of nitrogens with two attached hydrogens (primary N) is 1. The van der Waals surface area contributed by atoms with Crippen molar-refractivity contribution in [1.82, 2.24) is 4.90 Å². The second kappa shape index (κ2) is 6.26. The minimum Gasteiger partial charge on any atom is -0.507 e. The molecule has 0 spiro atoms. The first-order valence-electron chi connectivity index (χ1n) is 6.28. The van der Waals surface area contributed by atoms with Crippen molar-refractivity contribution in [1.29, 1.82) is 0 Å². The lowest BCUT2D eigenvalue weighted by Gasteiger charge is -2.31. The molecule has 0 aliphatic rings. The minimum absolute atomic E-state index is 0.0570. The maximum atomic E-state index is 12.4. The number of phenols is 1. The molecule has 0 aliphatic carbocycles. The zero-order valence-corrected chi connectivity index (χ0v) is 12.4. The SMILES string of the molecule is CCN(CC(C)(C)CN)C(=O)c1cc(Cl)ccc1O. The van der Waals surface area contributed by atoms with Crippen molar-refractivity contribution in [3.8, 4) is 5.75 Å². The average Bonchev–Trinajstić information content (AvgIpc) is 2.38. The average molecular weight is 285 g/mol. The van der Waals surface area contributed by atoms with E-state index in [0.717, 1.165) is 0 Å². The van der Waals surface area contributed by atoms with Gasteiger partial charge in [0.25, 0.3) is 5.91 Å². The predicted molar refractivity (Wildman–Crippen MR) is 77.5 cm³/mol. The van der Waals surface area contributed by atoms with Gasteiger partial charge in [-0.05, 0) is 37.1 Å². The first-order valence-corrected chi connectivity index (χ1v) is 6.66. The van der Waals surface area contributed by atoms with Crippen molar-refractivity contribution < 1.29 is 9.90 Å². The molecule has 0 radical (unpaired) electrons. The number of nitrogens with zero attached hydrogens (tertiary/aromatic N) is 1. The number of hydrogen-bond donors (Lipinski definition) is 2. The second-order valence-corrected chi connectivity index (χ2v) is 5.79. The van der Waals surface area contributed by atoms with Crippen LogP contribution in [0, 0.1) is 5.41 Å². The van der Waals surface area contributed by atoms with Crippen LogP contribution in [0.5, 0.6) is 5.75 Å². The Morgan fingerprint density at radius 2 is 2.11 bits per heavy atom. The largest absolute Gasteiger partial charge is 0.507 e. The van der Waals surface area contributed by atoms with Crippen LogP contribution >= 0.6 is 11.6 Å². The molecule has 0 unspecified atom stereocenters. The fourth-order valence-electron chi connectivity index (χ4n) is 1.76. The summed E-state index contributed by atoms with van der Waals surface area (Å²) in [7, 11) is 0. The number of hydrogen-bond acceptors (Lipinski definition) is 3. The summed E-state index contributed by atoms with van der Waals surface area (Å²) in [5, 5.41) is 10.2. The number of benzene rings is 1. The molecule has 0 fully saturated rings. The summed E-state index contributed by atoms with van der Waals surface area (Å²) in [6.45, 7) is 7.46. The van der Waals surface area contributed by atoms with Gasteiger partial charge in [0.05, 0.1) is 5.56 Å². The van der Waals surface area contributed by atoms with Crippen LogP contribution in [0.4, 0.5) is 0 Å². The van der Waals surface area contributed by atoms with E-state index in [2.05, 4.69) is 0 Å². The molecule has 0 saturated heterocycles. The Bertz CT molecular complexity index is 461. The van der Waals surface area contributed by atoms with Crippen LogP contribution in [0.1, 0.15) is 31.1 Å². The van der Waals surface area contributed by atoms with Gasteiger partial charge < -0.3 is 15.7 Å². The van der Waals surface area contributed by atoms with Crippen molar-refractivity contribution in [3.05, 3.63) is 28.8 Å². The summed E-state index contributed by atoms with van der Waals surface area (Å²) >= 11 is 5.87. The van der Waals surface area contributed by atoms with Gasteiger partial charge in [-0.1, -0.05) is 25.4 Å². The summed E-state index contributed by atoms with van der Waals surface area (Å²) in [4.78, 5) is 14.1. The van der Waals surface area contributed by atoms with E-state index in [-0.39, 0.29) is 22.6 Å². The summed E-state index contributed by atoms with van der Waals surface area (Å²) in [6, 6.07) is 4.46. The van der Waals surface area contributed by atoms with Gasteiger partial charge in [0.1, 0.15) is 5.75 Å². The van der Waals surface area contributed by atoms with Gasteiger partial charge in [0.2, 0.25) is 0 Å². The molecule has 4 nitrogen and oxygen atoms in total. The fraction of sp³-hybridized carbons (Fsp3) is 0.500. The van der Waals surface area contributed by atoms with E-state index in [1.54, 1.807) is 11.0 Å². The first-order chi connectivity index (χ1) is 8.80. The molecule has 0 aromatic heterocycles. The van der Waals surface area contributed by atoms with Gasteiger partial charge in [-0.3, -0.25) is 4.79 Å². The molecule has 3 N–H and O–H groups in total. The molecular formula is C14H21ClN2O2. The maximum absolute atomic E-state index is 12.4. The minimum atomic E-state index is -0.232. The number of carbonyl (C=O) groups is 1. The van der Waals surface area contributed by atoms with E-state index in [1.165, 1.54) is 12.1 Å². The highest BCUT2D eigenvalue weighted by Gasteiger charge is 2.25. The third-order valence-corrected chi connectivity index (χ3v) is 3.26. The summed E-state index contributed by atoms with van der Waals surface area (Å²) < 4.78 is 0. The molecule has 1 rings (SSSR count). The molecule has 1 aromatic rings. The predicted octanol–water partition coefficient (Wildman–Crippen LogP) is 2.49. The number of phenolic OH excluding ortho intramolecular Hbond substituents is 1. The van der Waals surface area contributed by atoms with Gasteiger partial charge in [-0.25, -0.2) is 0 Å². The molecule has 0 aliphatic heterocycles. The highest BCUT2D eigenvalue weighted by atomic mass is 35.5. The Labute approximate surface area is 119 Å². The molecule has 1 aromatic carbocycles. The molecule has 0 saturated carbocycles. The van der Waals surface area contributed by atoms with Crippen molar-refractivity contribution in [2.75, 3.05) is 19.6 Å². The maximum Gasteiger partial charge on any atom is 0.257 e. The Morgan fingerprint density at radius 3 is 2.63 bits per heavy atom. The number of carbonyl (C=O) groups excluding carboxylic acids is 1.